The molecule has 0 aliphatic carbocycles. The highest BCUT2D eigenvalue weighted by molar-refractivity contribution is 5.98. The molecule has 0 radical (unpaired) electrons. The normalized spacial score (nSPS) is 11.9. The van der Waals surface area contributed by atoms with Crippen LogP contribution in [0.5, 0.6) is 5.75 Å². The average Bonchev–Trinajstić information content (AvgIpc) is 3.34. The van der Waals surface area contributed by atoms with Crippen molar-refractivity contribution in [1.82, 2.24) is 15.6 Å². The highest BCUT2D eigenvalue weighted by Crippen LogP contribution is 2.28. The van der Waals surface area contributed by atoms with E-state index in [4.69, 9.17) is 4.74 Å². The molecule has 7 heteroatoms. The van der Waals surface area contributed by atoms with Crippen molar-refractivity contribution < 1.29 is 19.4 Å². The minimum Gasteiger partial charge on any atom is -0.490 e. The van der Waals surface area contributed by atoms with Gasteiger partial charge in [-0.15, -0.1) is 0 Å². The first kappa shape index (κ1) is 26.9. The lowest BCUT2D eigenvalue weighted by molar-refractivity contribution is -0.120. The van der Waals surface area contributed by atoms with Crippen molar-refractivity contribution in [3.8, 4) is 16.9 Å². The van der Waals surface area contributed by atoms with E-state index in [2.05, 4.69) is 15.6 Å². The van der Waals surface area contributed by atoms with E-state index in [1.165, 1.54) is 0 Å². The fourth-order valence-corrected chi connectivity index (χ4v) is 4.48. The Morgan fingerprint density at radius 2 is 1.74 bits per heavy atom. The standard InChI is InChI=1S/C31H35N3O4/c1-20(2)38-29-14-13-23(22-11-8-21(9-12-22)10-15-30(36)32-3)17-27(29)31(37)34-25(19-35)16-24-18-33-28-7-5-4-6-26(24)28/h4-9,11-14,17-18,20,25,33,35H,10,15-16,19H2,1-3H3,(H,32,36)(H,34,37)/t25-/m1/s1. The third-order valence-electron chi connectivity index (χ3n) is 6.49. The molecule has 0 bridgehead atoms. The predicted octanol–water partition coefficient (Wildman–Crippen LogP) is 4.63. The Bertz CT molecular complexity index is 1390. The molecule has 198 valence electrons. The highest BCUT2D eigenvalue weighted by Gasteiger charge is 2.20. The molecule has 4 aromatic rings. The highest BCUT2D eigenvalue weighted by atomic mass is 16.5. The summed E-state index contributed by atoms with van der Waals surface area (Å²) in [7, 11) is 1.64. The summed E-state index contributed by atoms with van der Waals surface area (Å²) < 4.78 is 5.95. The molecule has 3 aromatic carbocycles. The molecule has 0 aliphatic heterocycles. The number of ether oxygens (including phenoxy) is 1. The number of carbonyl (C=O) groups is 2. The van der Waals surface area contributed by atoms with E-state index >= 15 is 0 Å². The van der Waals surface area contributed by atoms with Crippen LogP contribution in [0.15, 0.2) is 72.9 Å². The van der Waals surface area contributed by atoms with Crippen molar-refractivity contribution in [3.63, 3.8) is 0 Å². The number of carbonyl (C=O) groups excluding carboxylic acids is 2. The van der Waals surface area contributed by atoms with Gasteiger partial charge in [-0.3, -0.25) is 9.59 Å². The van der Waals surface area contributed by atoms with Crippen molar-refractivity contribution >= 4 is 22.7 Å². The second-order valence-corrected chi connectivity index (χ2v) is 9.66. The van der Waals surface area contributed by atoms with E-state index in [-0.39, 0.29) is 24.5 Å². The summed E-state index contributed by atoms with van der Waals surface area (Å²) in [5, 5.41) is 16.8. The number of aromatic nitrogens is 1. The maximum atomic E-state index is 13.5. The molecule has 0 spiro atoms. The van der Waals surface area contributed by atoms with Crippen molar-refractivity contribution in [2.24, 2.45) is 0 Å². The summed E-state index contributed by atoms with van der Waals surface area (Å²) in [6, 6.07) is 21.1. The second-order valence-electron chi connectivity index (χ2n) is 9.66. The van der Waals surface area contributed by atoms with E-state index in [1.54, 1.807) is 7.05 Å². The molecule has 0 saturated heterocycles. The quantitative estimate of drug-likeness (QED) is 0.235. The van der Waals surface area contributed by atoms with Gasteiger partial charge >= 0.3 is 0 Å². The van der Waals surface area contributed by atoms with Crippen molar-refractivity contribution in [2.45, 2.75) is 45.3 Å². The van der Waals surface area contributed by atoms with Gasteiger partial charge in [-0.1, -0.05) is 48.5 Å². The molecule has 4 N–H and O–H groups in total. The Morgan fingerprint density at radius 1 is 1.00 bits per heavy atom. The van der Waals surface area contributed by atoms with E-state index in [1.807, 2.05) is 86.8 Å². The molecule has 7 nitrogen and oxygen atoms in total. The van der Waals surface area contributed by atoms with Gasteiger partial charge in [0.15, 0.2) is 0 Å². The van der Waals surface area contributed by atoms with E-state index < -0.39 is 6.04 Å². The SMILES string of the molecule is CNC(=O)CCc1ccc(-c2ccc(OC(C)C)c(C(=O)N[C@@H](CO)Cc3c[nH]c4ccccc34)c2)cc1. The lowest BCUT2D eigenvalue weighted by atomic mass is 9.99. The van der Waals surface area contributed by atoms with Crippen LogP contribution in [0.1, 0.15) is 41.8 Å². The minimum absolute atomic E-state index is 0.0105. The Hall–Kier alpha value is -4.10. The summed E-state index contributed by atoms with van der Waals surface area (Å²) in [5.41, 5.74) is 5.36. The number of hydrogen-bond donors (Lipinski definition) is 4. The van der Waals surface area contributed by atoms with Crippen LogP contribution in [0.4, 0.5) is 0 Å². The van der Waals surface area contributed by atoms with E-state index in [0.717, 1.165) is 33.2 Å². The zero-order valence-corrected chi connectivity index (χ0v) is 22.1. The van der Waals surface area contributed by atoms with Crippen LogP contribution in [0, 0.1) is 0 Å². The molecule has 38 heavy (non-hydrogen) atoms. The molecule has 0 saturated carbocycles. The van der Waals surface area contributed by atoms with Crippen molar-refractivity contribution in [2.75, 3.05) is 13.7 Å². The molecule has 1 aromatic heterocycles. The van der Waals surface area contributed by atoms with Crippen molar-refractivity contribution in [1.29, 1.82) is 0 Å². The fourth-order valence-electron chi connectivity index (χ4n) is 4.48. The smallest absolute Gasteiger partial charge is 0.255 e. The maximum Gasteiger partial charge on any atom is 0.255 e. The molecular weight excluding hydrogens is 478 g/mol. The van der Waals surface area contributed by atoms with Gasteiger partial charge in [0.25, 0.3) is 5.91 Å². The number of nitrogens with one attached hydrogen (secondary N) is 3. The molecular formula is C31H35N3O4. The van der Waals surface area contributed by atoms with Gasteiger partial charge in [0, 0.05) is 30.6 Å². The number of aromatic amines is 1. The number of H-pyrrole nitrogens is 1. The summed E-state index contributed by atoms with van der Waals surface area (Å²) >= 11 is 0. The minimum atomic E-state index is -0.461. The number of benzene rings is 3. The summed E-state index contributed by atoms with van der Waals surface area (Å²) in [6.45, 7) is 3.64. The van der Waals surface area contributed by atoms with Crippen molar-refractivity contribution in [3.05, 3.63) is 89.6 Å². The van der Waals surface area contributed by atoms with Gasteiger partial charge in [-0.25, -0.2) is 0 Å². The first-order chi connectivity index (χ1) is 18.4. The summed E-state index contributed by atoms with van der Waals surface area (Å²) in [6.07, 6.45) is 3.40. The van der Waals surface area contributed by atoms with Crippen LogP contribution >= 0.6 is 0 Å². The first-order valence-electron chi connectivity index (χ1n) is 12.9. The van der Waals surface area contributed by atoms with Crippen LogP contribution < -0.4 is 15.4 Å². The van der Waals surface area contributed by atoms with Crippen LogP contribution in [0.3, 0.4) is 0 Å². The van der Waals surface area contributed by atoms with Crippen LogP contribution in [0.25, 0.3) is 22.0 Å². The van der Waals surface area contributed by atoms with Gasteiger partial charge in [0.1, 0.15) is 5.75 Å². The lowest BCUT2D eigenvalue weighted by Crippen LogP contribution is -2.39. The second kappa shape index (κ2) is 12.4. The van der Waals surface area contributed by atoms with E-state index in [9.17, 15) is 14.7 Å². The number of aryl methyl sites for hydroxylation is 1. The fraction of sp³-hybridized carbons (Fsp3) is 0.290. The molecule has 0 aliphatic rings. The Morgan fingerprint density at radius 3 is 2.45 bits per heavy atom. The average molecular weight is 514 g/mol. The molecule has 2 amide bonds. The number of hydrogen-bond acceptors (Lipinski definition) is 4. The first-order valence-corrected chi connectivity index (χ1v) is 12.9. The zero-order chi connectivity index (χ0) is 27.1. The van der Waals surface area contributed by atoms with Crippen LogP contribution in [0.2, 0.25) is 0 Å². The number of amides is 2. The Labute approximate surface area is 223 Å². The number of para-hydroxylation sites is 1. The number of aliphatic hydroxyl groups is 1. The van der Waals surface area contributed by atoms with Crippen LogP contribution in [-0.2, 0) is 17.6 Å². The summed E-state index contributed by atoms with van der Waals surface area (Å²) in [5.74, 6) is 0.201. The molecule has 0 unspecified atom stereocenters. The lowest BCUT2D eigenvalue weighted by Gasteiger charge is -2.19. The zero-order valence-electron chi connectivity index (χ0n) is 22.1. The number of rotatable bonds is 11. The predicted molar refractivity (Wildman–Crippen MR) is 150 cm³/mol. The molecule has 4 rings (SSSR count). The monoisotopic (exact) mass is 513 g/mol. The number of aliphatic hydroxyl groups excluding tert-OH is 1. The maximum absolute atomic E-state index is 13.5. The Balaban J connectivity index is 1.54. The number of fused-ring (bicyclic) bond motifs is 1. The summed E-state index contributed by atoms with van der Waals surface area (Å²) in [4.78, 5) is 28.3. The van der Waals surface area contributed by atoms with Crippen LogP contribution in [-0.4, -0.2) is 47.7 Å². The molecule has 1 atom stereocenters. The molecule has 0 fully saturated rings. The van der Waals surface area contributed by atoms with Gasteiger partial charge < -0.3 is 25.5 Å². The van der Waals surface area contributed by atoms with Gasteiger partial charge in [0.2, 0.25) is 5.91 Å². The van der Waals surface area contributed by atoms with Gasteiger partial charge in [-0.2, -0.15) is 0 Å². The Kier molecular flexibility index (Phi) is 8.81. The third-order valence-corrected chi connectivity index (χ3v) is 6.49. The van der Waals surface area contributed by atoms with Gasteiger partial charge in [-0.05, 0) is 67.1 Å². The third kappa shape index (κ3) is 6.61. The molecule has 1 heterocycles. The largest absolute Gasteiger partial charge is 0.490 e. The topological polar surface area (TPSA) is 103 Å². The van der Waals surface area contributed by atoms with E-state index in [0.29, 0.717) is 30.6 Å². The van der Waals surface area contributed by atoms with Gasteiger partial charge in [0.05, 0.1) is 24.3 Å².